The highest BCUT2D eigenvalue weighted by Crippen LogP contribution is 2.26. The lowest BCUT2D eigenvalue weighted by molar-refractivity contribution is -0.111. The molecule has 0 aromatic heterocycles. The third-order valence-electron chi connectivity index (χ3n) is 3.05. The summed E-state index contributed by atoms with van der Waals surface area (Å²) in [4.78, 5) is 12.1. The zero-order chi connectivity index (χ0) is 16.7. The van der Waals surface area contributed by atoms with Gasteiger partial charge in [0.1, 0.15) is 11.5 Å². The predicted molar refractivity (Wildman–Crippen MR) is 96.0 cm³/mol. The van der Waals surface area contributed by atoms with Crippen LogP contribution >= 0.6 is 15.9 Å². The maximum atomic E-state index is 12.1. The predicted octanol–water partition coefficient (Wildman–Crippen LogP) is 4.51. The van der Waals surface area contributed by atoms with Crippen LogP contribution in [0.2, 0.25) is 0 Å². The number of nitrogens with one attached hydrogen (secondary N) is 1. The smallest absolute Gasteiger partial charge is 0.248 e. The molecule has 0 aliphatic carbocycles. The molecule has 0 heterocycles. The summed E-state index contributed by atoms with van der Waals surface area (Å²) < 4.78 is 11.5. The average Bonchev–Trinajstić information content (AvgIpc) is 2.55. The molecule has 0 aliphatic heterocycles. The number of hydrogen-bond donors (Lipinski definition) is 1. The van der Waals surface area contributed by atoms with E-state index in [-0.39, 0.29) is 5.91 Å². The van der Waals surface area contributed by atoms with Crippen LogP contribution in [0.3, 0.4) is 0 Å². The van der Waals surface area contributed by atoms with E-state index in [4.69, 9.17) is 9.47 Å². The van der Waals surface area contributed by atoms with E-state index < -0.39 is 0 Å². The molecule has 0 saturated carbocycles. The van der Waals surface area contributed by atoms with Crippen LogP contribution in [0.4, 0.5) is 5.69 Å². The van der Waals surface area contributed by atoms with Gasteiger partial charge in [0.05, 0.1) is 23.9 Å². The van der Waals surface area contributed by atoms with Gasteiger partial charge in [-0.15, -0.1) is 0 Å². The minimum Gasteiger partial charge on any atom is -0.496 e. The molecule has 0 saturated heterocycles. The number of para-hydroxylation sites is 2. The fraction of sp³-hybridized carbons (Fsp3) is 0.167. The van der Waals surface area contributed by atoms with Crippen LogP contribution in [-0.4, -0.2) is 19.6 Å². The Morgan fingerprint density at radius 1 is 1.22 bits per heavy atom. The number of rotatable bonds is 6. The van der Waals surface area contributed by atoms with Gasteiger partial charge in [0.15, 0.2) is 0 Å². The topological polar surface area (TPSA) is 47.6 Å². The van der Waals surface area contributed by atoms with Crippen molar-refractivity contribution in [3.8, 4) is 11.5 Å². The van der Waals surface area contributed by atoms with Crippen molar-refractivity contribution in [1.29, 1.82) is 0 Å². The Kier molecular flexibility index (Phi) is 6.23. The van der Waals surface area contributed by atoms with Crippen LogP contribution < -0.4 is 14.8 Å². The van der Waals surface area contributed by atoms with Gasteiger partial charge in [0, 0.05) is 6.08 Å². The van der Waals surface area contributed by atoms with Crippen molar-refractivity contribution in [3.05, 3.63) is 58.6 Å². The Balaban J connectivity index is 2.06. The van der Waals surface area contributed by atoms with Crippen LogP contribution in [0.1, 0.15) is 12.5 Å². The Morgan fingerprint density at radius 3 is 2.70 bits per heavy atom. The molecule has 120 valence electrons. The highest BCUT2D eigenvalue weighted by molar-refractivity contribution is 9.10. The third kappa shape index (κ3) is 4.86. The summed E-state index contributed by atoms with van der Waals surface area (Å²) in [6, 6.07) is 12.9. The van der Waals surface area contributed by atoms with Crippen molar-refractivity contribution in [2.45, 2.75) is 6.92 Å². The normalized spacial score (nSPS) is 10.6. The number of halogens is 1. The van der Waals surface area contributed by atoms with Crippen LogP contribution in [0.25, 0.3) is 6.08 Å². The first-order valence-electron chi connectivity index (χ1n) is 7.18. The molecule has 1 N–H and O–H groups in total. The molecule has 0 radical (unpaired) electrons. The number of carbonyl (C=O) groups is 1. The standard InChI is InChI=1S/C18H18BrNO3/c1-3-23-17-7-5-4-6-15(17)20-18(21)11-9-13-8-10-16(22-2)14(19)12-13/h4-12H,3H2,1-2H3,(H,20,21). The Hall–Kier alpha value is -2.27. The second-order valence-corrected chi connectivity index (χ2v) is 5.50. The van der Waals surface area contributed by atoms with E-state index in [1.807, 2.05) is 43.3 Å². The maximum Gasteiger partial charge on any atom is 0.248 e. The minimum atomic E-state index is -0.218. The van der Waals surface area contributed by atoms with E-state index in [2.05, 4.69) is 21.2 Å². The number of carbonyl (C=O) groups excluding carboxylic acids is 1. The molecule has 0 fully saturated rings. The monoisotopic (exact) mass is 375 g/mol. The van der Waals surface area contributed by atoms with Crippen molar-refractivity contribution >= 4 is 33.6 Å². The van der Waals surface area contributed by atoms with Gasteiger partial charge in [-0.3, -0.25) is 4.79 Å². The SMILES string of the molecule is CCOc1ccccc1NC(=O)C=Cc1ccc(OC)c(Br)c1. The quantitative estimate of drug-likeness (QED) is 0.755. The average molecular weight is 376 g/mol. The molecule has 0 unspecified atom stereocenters. The molecular formula is C18H18BrNO3. The van der Waals surface area contributed by atoms with E-state index >= 15 is 0 Å². The van der Waals surface area contributed by atoms with Gasteiger partial charge >= 0.3 is 0 Å². The van der Waals surface area contributed by atoms with E-state index in [1.165, 1.54) is 6.08 Å². The highest BCUT2D eigenvalue weighted by Gasteiger charge is 2.05. The summed E-state index contributed by atoms with van der Waals surface area (Å²) in [5.74, 6) is 1.19. The number of ether oxygens (including phenoxy) is 2. The van der Waals surface area contributed by atoms with Crippen molar-refractivity contribution in [2.75, 3.05) is 19.0 Å². The molecular weight excluding hydrogens is 358 g/mol. The molecule has 2 rings (SSSR count). The first-order chi connectivity index (χ1) is 11.1. The lowest BCUT2D eigenvalue weighted by atomic mass is 10.2. The summed E-state index contributed by atoms with van der Waals surface area (Å²) in [6.45, 7) is 2.45. The van der Waals surface area contributed by atoms with Crippen molar-refractivity contribution in [3.63, 3.8) is 0 Å². The number of methoxy groups -OCH3 is 1. The zero-order valence-corrected chi connectivity index (χ0v) is 14.6. The van der Waals surface area contributed by atoms with E-state index in [0.717, 1.165) is 15.8 Å². The number of hydrogen-bond acceptors (Lipinski definition) is 3. The highest BCUT2D eigenvalue weighted by atomic mass is 79.9. The zero-order valence-electron chi connectivity index (χ0n) is 13.0. The van der Waals surface area contributed by atoms with Crippen molar-refractivity contribution in [2.24, 2.45) is 0 Å². The van der Waals surface area contributed by atoms with Gasteiger partial charge in [-0.1, -0.05) is 18.2 Å². The second-order valence-electron chi connectivity index (χ2n) is 4.65. The van der Waals surface area contributed by atoms with Crippen molar-refractivity contribution in [1.82, 2.24) is 0 Å². The molecule has 4 nitrogen and oxygen atoms in total. The summed E-state index contributed by atoms with van der Waals surface area (Å²) in [7, 11) is 1.61. The van der Waals surface area contributed by atoms with Crippen LogP contribution in [-0.2, 0) is 4.79 Å². The van der Waals surface area contributed by atoms with Crippen LogP contribution in [0, 0.1) is 0 Å². The minimum absolute atomic E-state index is 0.218. The fourth-order valence-corrected chi connectivity index (χ4v) is 2.54. The van der Waals surface area contributed by atoms with Gasteiger partial charge in [0.2, 0.25) is 5.91 Å². The Bertz CT molecular complexity index is 713. The number of anilines is 1. The molecule has 0 spiro atoms. The molecule has 0 atom stereocenters. The van der Waals surface area contributed by atoms with E-state index in [1.54, 1.807) is 19.3 Å². The first kappa shape index (κ1) is 17.1. The molecule has 5 heteroatoms. The van der Waals surface area contributed by atoms with Gasteiger partial charge in [-0.05, 0) is 58.8 Å². The first-order valence-corrected chi connectivity index (χ1v) is 7.97. The summed E-state index contributed by atoms with van der Waals surface area (Å²) in [5, 5.41) is 2.82. The van der Waals surface area contributed by atoms with Crippen molar-refractivity contribution < 1.29 is 14.3 Å². The van der Waals surface area contributed by atoms with Gasteiger partial charge < -0.3 is 14.8 Å². The number of benzene rings is 2. The maximum absolute atomic E-state index is 12.1. The molecule has 0 aliphatic rings. The molecule has 23 heavy (non-hydrogen) atoms. The lowest BCUT2D eigenvalue weighted by Gasteiger charge is -2.09. The number of amides is 1. The Labute approximate surface area is 144 Å². The molecule has 2 aromatic carbocycles. The lowest BCUT2D eigenvalue weighted by Crippen LogP contribution is -2.09. The Morgan fingerprint density at radius 2 is 2.00 bits per heavy atom. The summed E-state index contributed by atoms with van der Waals surface area (Å²) in [6.07, 6.45) is 3.22. The van der Waals surface area contributed by atoms with Crippen LogP contribution in [0.5, 0.6) is 11.5 Å². The summed E-state index contributed by atoms with van der Waals surface area (Å²) in [5.41, 5.74) is 1.55. The fourth-order valence-electron chi connectivity index (χ4n) is 1.98. The molecule has 1 amide bonds. The molecule has 2 aromatic rings. The third-order valence-corrected chi connectivity index (χ3v) is 3.67. The van der Waals surface area contributed by atoms with Gasteiger partial charge in [0.25, 0.3) is 0 Å². The van der Waals surface area contributed by atoms with E-state index in [9.17, 15) is 4.79 Å². The van der Waals surface area contributed by atoms with Gasteiger partial charge in [-0.2, -0.15) is 0 Å². The summed E-state index contributed by atoms with van der Waals surface area (Å²) >= 11 is 3.42. The van der Waals surface area contributed by atoms with Crippen LogP contribution in [0.15, 0.2) is 53.0 Å². The molecule has 0 bridgehead atoms. The second kappa shape index (κ2) is 8.39. The largest absolute Gasteiger partial charge is 0.496 e. The van der Waals surface area contributed by atoms with E-state index in [0.29, 0.717) is 18.0 Å². The van der Waals surface area contributed by atoms with Gasteiger partial charge in [-0.25, -0.2) is 0 Å².